The minimum atomic E-state index is -0.701. The fourth-order valence-electron chi connectivity index (χ4n) is 2.26. The number of rotatable bonds is 5. The van der Waals surface area contributed by atoms with E-state index in [1.54, 1.807) is 0 Å². The molecule has 27 heavy (non-hydrogen) atoms. The molecule has 0 saturated carbocycles. The quantitative estimate of drug-likeness (QED) is 0.279. The summed E-state index contributed by atoms with van der Waals surface area (Å²) in [6, 6.07) is 13.6. The van der Waals surface area contributed by atoms with E-state index in [4.69, 9.17) is 4.42 Å². The van der Waals surface area contributed by atoms with Gasteiger partial charge in [0.05, 0.1) is 22.5 Å². The zero-order valence-corrected chi connectivity index (χ0v) is 15.1. The number of hydrazone groups is 1. The highest BCUT2D eigenvalue weighted by atomic mass is 32.1. The van der Waals surface area contributed by atoms with Crippen LogP contribution < -0.4 is 5.01 Å². The van der Waals surface area contributed by atoms with Crippen molar-refractivity contribution < 1.29 is 14.1 Å². The molecule has 8 nitrogen and oxygen atoms in total. The maximum atomic E-state index is 12.9. The van der Waals surface area contributed by atoms with Crippen molar-refractivity contribution in [2.24, 2.45) is 5.10 Å². The molecule has 0 radical (unpaired) electrons. The van der Waals surface area contributed by atoms with E-state index >= 15 is 0 Å². The van der Waals surface area contributed by atoms with Crippen molar-refractivity contribution in [2.45, 2.75) is 0 Å². The fourth-order valence-corrected chi connectivity index (χ4v) is 3.77. The van der Waals surface area contributed by atoms with E-state index in [0.717, 1.165) is 26.2 Å². The molecule has 0 fully saturated rings. The first-order chi connectivity index (χ1) is 13.1. The van der Waals surface area contributed by atoms with Gasteiger partial charge < -0.3 is 4.42 Å². The lowest BCUT2D eigenvalue weighted by Gasteiger charge is -2.11. The maximum absolute atomic E-state index is 12.9. The number of carbonyl (C=O) groups is 1. The number of carbonyl (C=O) groups excluding carboxylic acids is 1. The van der Waals surface area contributed by atoms with Crippen LogP contribution in [0, 0.1) is 10.1 Å². The number of anilines is 1. The minimum Gasteiger partial charge on any atom is -0.395 e. The maximum Gasteiger partial charge on any atom is 0.433 e. The summed E-state index contributed by atoms with van der Waals surface area (Å²) in [5.41, 5.74) is 0.729. The molecule has 0 aliphatic heterocycles. The Morgan fingerprint density at radius 3 is 2.78 bits per heavy atom. The van der Waals surface area contributed by atoms with Crippen LogP contribution in [-0.2, 0) is 0 Å². The minimum absolute atomic E-state index is 0.190. The van der Waals surface area contributed by atoms with Crippen molar-refractivity contribution in [2.75, 3.05) is 5.01 Å². The second kappa shape index (κ2) is 7.09. The van der Waals surface area contributed by atoms with Gasteiger partial charge >= 0.3 is 11.8 Å². The number of nitrogens with zero attached hydrogens (tertiary/aromatic N) is 4. The number of amides is 1. The van der Waals surface area contributed by atoms with Crippen molar-refractivity contribution >= 4 is 56.0 Å². The summed E-state index contributed by atoms with van der Waals surface area (Å²) in [6.07, 6.45) is 1.53. The molecule has 0 N–H and O–H groups in total. The molecule has 0 atom stereocenters. The van der Waals surface area contributed by atoms with Gasteiger partial charge in [0.25, 0.3) is 0 Å². The lowest BCUT2D eigenvalue weighted by Crippen LogP contribution is -2.25. The number of thiazole rings is 1. The smallest absolute Gasteiger partial charge is 0.395 e. The molecule has 4 aromatic rings. The van der Waals surface area contributed by atoms with Crippen molar-refractivity contribution in [3.8, 4) is 0 Å². The van der Waals surface area contributed by atoms with Crippen LogP contribution in [0.5, 0.6) is 0 Å². The number of hydrogen-bond acceptors (Lipinski definition) is 8. The van der Waals surface area contributed by atoms with Crippen LogP contribution in [0.2, 0.25) is 0 Å². The normalized spacial score (nSPS) is 11.3. The molecule has 0 spiro atoms. The summed E-state index contributed by atoms with van der Waals surface area (Å²) in [5.74, 6) is -1.34. The lowest BCUT2D eigenvalue weighted by atomic mass is 10.3. The first-order valence-corrected chi connectivity index (χ1v) is 9.33. The molecule has 1 amide bonds. The Morgan fingerprint density at radius 1 is 1.22 bits per heavy atom. The number of nitro groups is 1. The molecule has 134 valence electrons. The van der Waals surface area contributed by atoms with Gasteiger partial charge in [0, 0.05) is 4.88 Å². The average Bonchev–Trinajstić information content (AvgIpc) is 3.41. The Labute approximate surface area is 160 Å². The Balaban J connectivity index is 1.74. The highest BCUT2D eigenvalue weighted by Gasteiger charge is 2.26. The van der Waals surface area contributed by atoms with Gasteiger partial charge in [-0.15, -0.1) is 11.3 Å². The summed E-state index contributed by atoms with van der Waals surface area (Å²) in [4.78, 5) is 28.3. The van der Waals surface area contributed by atoms with E-state index in [-0.39, 0.29) is 5.76 Å². The molecule has 0 unspecified atom stereocenters. The SMILES string of the molecule is O=C(c1ccc([N+](=O)[O-])o1)N(/N=C/c1cccs1)c1nc2ccccc2s1. The zero-order valence-electron chi connectivity index (χ0n) is 13.5. The third-order valence-electron chi connectivity index (χ3n) is 3.48. The largest absolute Gasteiger partial charge is 0.433 e. The number of benzene rings is 1. The molecule has 3 heterocycles. The summed E-state index contributed by atoms with van der Waals surface area (Å²) < 4.78 is 5.93. The van der Waals surface area contributed by atoms with Gasteiger partial charge in [-0.1, -0.05) is 29.5 Å². The third kappa shape index (κ3) is 3.48. The molecule has 0 aliphatic rings. The summed E-state index contributed by atoms with van der Waals surface area (Å²) in [5, 5.41) is 18.4. The molecule has 10 heteroatoms. The van der Waals surface area contributed by atoms with Crippen LogP contribution >= 0.6 is 22.7 Å². The molecular formula is C17H10N4O4S2. The van der Waals surface area contributed by atoms with Gasteiger partial charge in [0.1, 0.15) is 4.92 Å². The second-order valence-electron chi connectivity index (χ2n) is 5.24. The number of hydrogen-bond donors (Lipinski definition) is 0. The van der Waals surface area contributed by atoms with Crippen molar-refractivity contribution in [1.82, 2.24) is 4.98 Å². The van der Waals surface area contributed by atoms with Gasteiger partial charge in [-0.25, -0.2) is 4.98 Å². The summed E-state index contributed by atoms with van der Waals surface area (Å²) in [7, 11) is 0. The van der Waals surface area contributed by atoms with E-state index in [2.05, 4.69) is 10.1 Å². The Morgan fingerprint density at radius 2 is 2.07 bits per heavy atom. The number of fused-ring (bicyclic) bond motifs is 1. The van der Waals surface area contributed by atoms with Crippen LogP contribution in [0.1, 0.15) is 15.4 Å². The summed E-state index contributed by atoms with van der Waals surface area (Å²) in [6.45, 7) is 0. The van der Waals surface area contributed by atoms with Crippen LogP contribution in [0.4, 0.5) is 11.0 Å². The van der Waals surface area contributed by atoms with Gasteiger partial charge in [0.2, 0.25) is 10.9 Å². The predicted octanol–water partition coefficient (Wildman–Crippen LogP) is 4.54. The predicted molar refractivity (Wildman–Crippen MR) is 104 cm³/mol. The molecule has 0 bridgehead atoms. The zero-order chi connectivity index (χ0) is 18.8. The molecule has 0 aliphatic carbocycles. The molecule has 1 aromatic carbocycles. The molecule has 0 saturated heterocycles. The molecular weight excluding hydrogens is 388 g/mol. The standard InChI is InChI=1S/C17H10N4O4S2/c22-16(13-7-8-15(25-13)21(23)24)20(18-10-11-4-3-9-26-11)17-19-12-5-1-2-6-14(12)27-17/h1-10H/b18-10+. The van der Waals surface area contributed by atoms with E-state index in [1.807, 2.05) is 41.8 Å². The number of aromatic nitrogens is 1. The Hall–Kier alpha value is -3.37. The highest BCUT2D eigenvalue weighted by molar-refractivity contribution is 7.22. The Kier molecular flexibility index (Phi) is 4.48. The lowest BCUT2D eigenvalue weighted by molar-refractivity contribution is -0.402. The van der Waals surface area contributed by atoms with Crippen molar-refractivity contribution in [3.05, 3.63) is 74.7 Å². The summed E-state index contributed by atoms with van der Waals surface area (Å²) >= 11 is 2.75. The van der Waals surface area contributed by atoms with E-state index in [0.29, 0.717) is 5.13 Å². The molecule has 4 rings (SSSR count). The number of furan rings is 1. The van der Waals surface area contributed by atoms with Crippen LogP contribution in [0.25, 0.3) is 10.2 Å². The van der Waals surface area contributed by atoms with Crippen LogP contribution in [-0.4, -0.2) is 22.0 Å². The average molecular weight is 398 g/mol. The monoisotopic (exact) mass is 398 g/mol. The molecule has 3 aromatic heterocycles. The topological polar surface area (TPSA) is 102 Å². The number of para-hydroxylation sites is 1. The van der Waals surface area contributed by atoms with Crippen LogP contribution in [0.15, 0.2) is 63.4 Å². The number of thiophene rings is 1. The van der Waals surface area contributed by atoms with E-state index < -0.39 is 16.7 Å². The first kappa shape index (κ1) is 17.1. The first-order valence-electron chi connectivity index (χ1n) is 7.63. The van der Waals surface area contributed by atoms with Gasteiger partial charge in [-0.05, 0) is 29.6 Å². The van der Waals surface area contributed by atoms with Gasteiger partial charge in [-0.3, -0.25) is 14.9 Å². The van der Waals surface area contributed by atoms with Gasteiger partial charge in [-0.2, -0.15) is 10.1 Å². The van der Waals surface area contributed by atoms with Crippen molar-refractivity contribution in [1.29, 1.82) is 0 Å². The fraction of sp³-hybridized carbons (Fsp3) is 0. The third-order valence-corrected chi connectivity index (χ3v) is 5.30. The van der Waals surface area contributed by atoms with Crippen LogP contribution in [0.3, 0.4) is 0 Å². The van der Waals surface area contributed by atoms with E-state index in [1.165, 1.54) is 35.0 Å². The Bertz CT molecular complexity index is 1110. The van der Waals surface area contributed by atoms with Gasteiger partial charge in [0.15, 0.2) is 0 Å². The highest BCUT2D eigenvalue weighted by Crippen LogP contribution is 2.30. The second-order valence-corrected chi connectivity index (χ2v) is 7.22. The van der Waals surface area contributed by atoms with E-state index in [9.17, 15) is 14.9 Å². The van der Waals surface area contributed by atoms with Crippen molar-refractivity contribution in [3.63, 3.8) is 0 Å².